The van der Waals surface area contributed by atoms with Gasteiger partial charge in [-0.15, -0.1) is 0 Å². The van der Waals surface area contributed by atoms with Gasteiger partial charge in [-0.2, -0.15) is 9.78 Å². The van der Waals surface area contributed by atoms with Gasteiger partial charge in [0.2, 0.25) is 0 Å². The molecule has 0 N–H and O–H groups in total. The smallest absolute Gasteiger partial charge is 0.282 e. The van der Waals surface area contributed by atoms with E-state index in [4.69, 9.17) is 14.5 Å². The Morgan fingerprint density at radius 3 is 2.38 bits per heavy atom. The second-order valence-corrected chi connectivity index (χ2v) is 9.63. The highest BCUT2D eigenvalue weighted by atomic mass is 16.5. The van der Waals surface area contributed by atoms with Crippen molar-refractivity contribution in [3.05, 3.63) is 99.6 Å². The number of nitrogens with zero attached hydrogens (tertiary/aromatic N) is 3. The van der Waals surface area contributed by atoms with Gasteiger partial charge in [-0.3, -0.25) is 9.59 Å². The molecular weight excluding hydrogens is 490 g/mol. The highest BCUT2D eigenvalue weighted by Crippen LogP contribution is 2.33. The Kier molecular flexibility index (Phi) is 8.16. The monoisotopic (exact) mass is 523 g/mol. The highest BCUT2D eigenvalue weighted by Gasteiger charge is 2.23. The largest absolute Gasteiger partial charge is 0.493 e. The Hall–Kier alpha value is -4.26. The van der Waals surface area contributed by atoms with E-state index in [9.17, 15) is 9.59 Å². The molecule has 1 saturated carbocycles. The lowest BCUT2D eigenvalue weighted by atomic mass is 9.88. The second-order valence-electron chi connectivity index (χ2n) is 9.63. The normalized spacial score (nSPS) is 14.1. The molecule has 4 aromatic rings. The molecule has 1 fully saturated rings. The topological polar surface area (TPSA) is 82.8 Å². The Bertz CT molecular complexity index is 1550. The van der Waals surface area contributed by atoms with E-state index < -0.39 is 0 Å². The van der Waals surface area contributed by atoms with Gasteiger partial charge >= 0.3 is 0 Å². The zero-order valence-electron chi connectivity index (χ0n) is 22.4. The Morgan fingerprint density at radius 1 is 0.949 bits per heavy atom. The molecule has 7 heteroatoms. The summed E-state index contributed by atoms with van der Waals surface area (Å²) in [4.78, 5) is 32.0. The maximum Gasteiger partial charge on any atom is 0.282 e. The van der Waals surface area contributed by atoms with Gasteiger partial charge in [0.05, 0.1) is 35.9 Å². The lowest BCUT2D eigenvalue weighted by Crippen LogP contribution is -2.25. The van der Waals surface area contributed by atoms with E-state index in [1.807, 2.05) is 50.2 Å². The number of hydrogen-bond acceptors (Lipinski definition) is 6. The van der Waals surface area contributed by atoms with E-state index in [1.165, 1.54) is 11.1 Å². The fourth-order valence-corrected chi connectivity index (χ4v) is 5.15. The third-order valence-electron chi connectivity index (χ3n) is 7.05. The van der Waals surface area contributed by atoms with Crippen molar-refractivity contribution in [2.45, 2.75) is 51.9 Å². The molecule has 0 atom stereocenters. The third-order valence-corrected chi connectivity index (χ3v) is 7.05. The summed E-state index contributed by atoms with van der Waals surface area (Å²) in [6, 6.07) is 19.9. The van der Waals surface area contributed by atoms with Crippen LogP contribution in [-0.4, -0.2) is 34.9 Å². The molecule has 1 aliphatic rings. The first-order valence-electron chi connectivity index (χ1n) is 13.7. The molecule has 39 heavy (non-hydrogen) atoms. The van der Waals surface area contributed by atoms with Crippen LogP contribution in [0.3, 0.4) is 0 Å². The van der Waals surface area contributed by atoms with E-state index in [0.29, 0.717) is 58.1 Å². The van der Waals surface area contributed by atoms with Gasteiger partial charge in [0.15, 0.2) is 5.78 Å². The van der Waals surface area contributed by atoms with Crippen LogP contribution in [0, 0.1) is 0 Å². The molecule has 1 aliphatic carbocycles. The number of fused-ring (bicyclic) bond motifs is 1. The van der Waals surface area contributed by atoms with Crippen LogP contribution in [0.1, 0.15) is 79.2 Å². The van der Waals surface area contributed by atoms with Crippen LogP contribution in [0.15, 0.2) is 76.6 Å². The number of ether oxygens (including phenoxy) is 2. The van der Waals surface area contributed by atoms with Crippen molar-refractivity contribution < 1.29 is 14.3 Å². The molecule has 0 unspecified atom stereocenters. The van der Waals surface area contributed by atoms with Crippen LogP contribution < -0.4 is 15.0 Å². The van der Waals surface area contributed by atoms with Gasteiger partial charge in [0.25, 0.3) is 5.56 Å². The number of carbonyl (C=O) groups is 1. The minimum Gasteiger partial charge on any atom is -0.493 e. The van der Waals surface area contributed by atoms with Crippen molar-refractivity contribution >= 4 is 22.9 Å². The van der Waals surface area contributed by atoms with Gasteiger partial charge in [-0.1, -0.05) is 61.7 Å². The molecule has 3 aromatic carbocycles. The molecule has 1 aromatic heterocycles. The SMILES string of the molecule is CCOc1cc(OCC)c(C(=O)c2ccccc2)cc1C=Nn1c(C2CCCCC2)nc2ccccc2c1=O. The number of rotatable bonds is 9. The Balaban J connectivity index is 1.64. The van der Waals surface area contributed by atoms with Gasteiger partial charge in [0, 0.05) is 23.1 Å². The molecule has 0 radical (unpaired) electrons. The first-order chi connectivity index (χ1) is 19.1. The van der Waals surface area contributed by atoms with Crippen LogP contribution in [0.25, 0.3) is 10.9 Å². The molecule has 0 bridgehead atoms. The van der Waals surface area contributed by atoms with E-state index in [-0.39, 0.29) is 17.3 Å². The Morgan fingerprint density at radius 2 is 1.64 bits per heavy atom. The number of aromatic nitrogens is 2. The first kappa shape index (κ1) is 26.4. The molecule has 1 heterocycles. The van der Waals surface area contributed by atoms with E-state index in [2.05, 4.69) is 5.10 Å². The summed E-state index contributed by atoms with van der Waals surface area (Å²) in [5.41, 5.74) is 2.02. The first-order valence-corrected chi connectivity index (χ1v) is 13.7. The van der Waals surface area contributed by atoms with E-state index in [1.54, 1.807) is 36.5 Å². The lowest BCUT2D eigenvalue weighted by Gasteiger charge is -2.22. The average molecular weight is 524 g/mol. The summed E-state index contributed by atoms with van der Waals surface area (Å²) >= 11 is 0. The number of ketones is 1. The second kappa shape index (κ2) is 12.1. The molecule has 5 rings (SSSR count). The summed E-state index contributed by atoms with van der Waals surface area (Å²) in [5, 5.41) is 5.20. The zero-order valence-corrected chi connectivity index (χ0v) is 22.4. The van der Waals surface area contributed by atoms with Crippen molar-refractivity contribution in [3.8, 4) is 11.5 Å². The summed E-state index contributed by atoms with van der Waals surface area (Å²) in [6.07, 6.45) is 6.95. The van der Waals surface area contributed by atoms with Gasteiger partial charge in [0.1, 0.15) is 17.3 Å². The number of para-hydroxylation sites is 1. The maximum absolute atomic E-state index is 13.6. The maximum atomic E-state index is 13.6. The molecular formula is C32H33N3O4. The van der Waals surface area contributed by atoms with Crippen molar-refractivity contribution in [2.24, 2.45) is 5.10 Å². The number of carbonyl (C=O) groups excluding carboxylic acids is 1. The highest BCUT2D eigenvalue weighted by molar-refractivity contribution is 6.11. The molecule has 0 saturated heterocycles. The van der Waals surface area contributed by atoms with E-state index >= 15 is 0 Å². The van der Waals surface area contributed by atoms with Gasteiger partial charge in [-0.05, 0) is 44.9 Å². The summed E-state index contributed by atoms with van der Waals surface area (Å²) < 4.78 is 13.2. The molecule has 200 valence electrons. The van der Waals surface area contributed by atoms with Crippen molar-refractivity contribution in [2.75, 3.05) is 13.2 Å². The van der Waals surface area contributed by atoms with Gasteiger partial charge in [-0.25, -0.2) is 4.98 Å². The minimum absolute atomic E-state index is 0.162. The van der Waals surface area contributed by atoms with Crippen LogP contribution in [0.2, 0.25) is 0 Å². The van der Waals surface area contributed by atoms with E-state index in [0.717, 1.165) is 25.7 Å². The fourth-order valence-electron chi connectivity index (χ4n) is 5.15. The van der Waals surface area contributed by atoms with Crippen LogP contribution in [0.5, 0.6) is 11.5 Å². The zero-order chi connectivity index (χ0) is 27.2. The summed E-state index contributed by atoms with van der Waals surface area (Å²) in [6.45, 7) is 4.59. The lowest BCUT2D eigenvalue weighted by molar-refractivity contribution is 0.103. The number of hydrogen-bond donors (Lipinski definition) is 0. The minimum atomic E-state index is -0.207. The Labute approximate surface area is 228 Å². The summed E-state index contributed by atoms with van der Waals surface area (Å²) in [7, 11) is 0. The summed E-state index contributed by atoms with van der Waals surface area (Å²) in [5.74, 6) is 1.65. The molecule has 7 nitrogen and oxygen atoms in total. The average Bonchev–Trinajstić information content (AvgIpc) is 2.98. The predicted molar refractivity (Wildman–Crippen MR) is 153 cm³/mol. The van der Waals surface area contributed by atoms with Crippen LogP contribution in [-0.2, 0) is 0 Å². The molecule has 0 amide bonds. The quantitative estimate of drug-likeness (QED) is 0.188. The van der Waals surface area contributed by atoms with Crippen molar-refractivity contribution in [1.82, 2.24) is 9.66 Å². The molecule has 0 aliphatic heterocycles. The fraction of sp³-hybridized carbons (Fsp3) is 0.312. The van der Waals surface area contributed by atoms with Crippen molar-refractivity contribution in [1.29, 1.82) is 0 Å². The van der Waals surface area contributed by atoms with Crippen molar-refractivity contribution in [3.63, 3.8) is 0 Å². The van der Waals surface area contributed by atoms with Gasteiger partial charge < -0.3 is 9.47 Å². The standard InChI is InChI=1S/C32H33N3O4/c1-3-38-28-20-29(39-4-2)26(30(36)22-13-7-5-8-14-22)19-24(28)21-33-35-31(23-15-9-6-10-16-23)34-27-18-12-11-17-25(27)32(35)37/h5,7-8,11-14,17-21,23H,3-4,6,9-10,15-16H2,1-2H3. The third kappa shape index (κ3) is 5.62. The van der Waals surface area contributed by atoms with Crippen LogP contribution >= 0.6 is 0 Å². The number of benzene rings is 3. The predicted octanol–water partition coefficient (Wildman–Crippen LogP) is 6.35. The van der Waals surface area contributed by atoms with Crippen LogP contribution in [0.4, 0.5) is 0 Å². The molecule has 0 spiro atoms.